The monoisotopic (exact) mass is 323 g/mol. The number of fused-ring (bicyclic) bond motifs is 1. The largest absolute Gasteiger partial charge is 0.391 e. The molecular weight excluding hydrogens is 306 g/mol. The molecule has 0 bridgehead atoms. The molecule has 0 saturated carbocycles. The zero-order valence-electron chi connectivity index (χ0n) is 13.2. The van der Waals surface area contributed by atoms with Gasteiger partial charge < -0.3 is 15.0 Å². The number of anilines is 1. The van der Waals surface area contributed by atoms with Crippen molar-refractivity contribution in [3.63, 3.8) is 0 Å². The maximum atomic E-state index is 12.0. The lowest BCUT2D eigenvalue weighted by atomic mass is 10.1. The number of carbonyl (C=O) groups excluding carboxylic acids is 1. The van der Waals surface area contributed by atoms with Gasteiger partial charge in [0, 0.05) is 18.5 Å². The van der Waals surface area contributed by atoms with E-state index in [2.05, 4.69) is 19.9 Å². The van der Waals surface area contributed by atoms with Crippen LogP contribution in [0.25, 0.3) is 22.6 Å². The summed E-state index contributed by atoms with van der Waals surface area (Å²) in [5.74, 6) is 1.17. The number of rotatable bonds is 3. The second-order valence-corrected chi connectivity index (χ2v) is 6.01. The molecule has 1 aliphatic heterocycles. The van der Waals surface area contributed by atoms with E-state index in [1.165, 1.54) is 0 Å². The van der Waals surface area contributed by atoms with Crippen LogP contribution in [0.4, 0.5) is 5.82 Å². The highest BCUT2D eigenvalue weighted by atomic mass is 16.3. The second-order valence-electron chi connectivity index (χ2n) is 6.01. The number of imidazole rings is 1. The standard InChI is InChI=1S/C17H17N5O2/c1-10(23)13-7-12(24)8-22(13)17-14-16(19-9-18-14)20-15(21-17)11-5-3-2-4-6-11/h2-6,9,12-13,24H,7-8H2,1H3,(H,18,19,20,21)/t12-,13+/m1/s1. The fourth-order valence-corrected chi connectivity index (χ4v) is 3.18. The van der Waals surface area contributed by atoms with Crippen molar-refractivity contribution < 1.29 is 9.90 Å². The van der Waals surface area contributed by atoms with Crippen LogP contribution < -0.4 is 4.90 Å². The Morgan fingerprint density at radius 2 is 2.08 bits per heavy atom. The summed E-state index contributed by atoms with van der Waals surface area (Å²) in [7, 11) is 0. The van der Waals surface area contributed by atoms with E-state index in [0.717, 1.165) is 5.56 Å². The number of aliphatic hydroxyl groups excluding tert-OH is 1. The molecule has 0 spiro atoms. The van der Waals surface area contributed by atoms with Crippen molar-refractivity contribution in [1.29, 1.82) is 0 Å². The molecule has 1 aromatic carbocycles. The Balaban J connectivity index is 1.88. The van der Waals surface area contributed by atoms with E-state index in [1.807, 2.05) is 35.2 Å². The highest BCUT2D eigenvalue weighted by molar-refractivity contribution is 5.91. The van der Waals surface area contributed by atoms with Gasteiger partial charge in [-0.1, -0.05) is 30.3 Å². The Bertz CT molecular complexity index is 892. The summed E-state index contributed by atoms with van der Waals surface area (Å²) >= 11 is 0. The number of nitrogens with zero attached hydrogens (tertiary/aromatic N) is 4. The maximum Gasteiger partial charge on any atom is 0.183 e. The molecule has 24 heavy (non-hydrogen) atoms. The minimum absolute atomic E-state index is 0.0130. The maximum absolute atomic E-state index is 12.0. The smallest absolute Gasteiger partial charge is 0.183 e. The second kappa shape index (κ2) is 5.68. The Labute approximate surface area is 138 Å². The summed E-state index contributed by atoms with van der Waals surface area (Å²) in [6.07, 6.45) is 1.43. The summed E-state index contributed by atoms with van der Waals surface area (Å²) in [6, 6.07) is 9.25. The number of H-pyrrole nitrogens is 1. The Morgan fingerprint density at radius 3 is 2.83 bits per heavy atom. The molecule has 7 heteroatoms. The van der Waals surface area contributed by atoms with Gasteiger partial charge in [-0.25, -0.2) is 15.0 Å². The van der Waals surface area contributed by atoms with Gasteiger partial charge >= 0.3 is 0 Å². The molecule has 4 rings (SSSR count). The summed E-state index contributed by atoms with van der Waals surface area (Å²) in [4.78, 5) is 30.3. The molecule has 0 unspecified atom stereocenters. The molecule has 7 nitrogen and oxygen atoms in total. The number of hydrogen-bond acceptors (Lipinski definition) is 6. The minimum Gasteiger partial charge on any atom is -0.391 e. The Kier molecular flexibility index (Phi) is 3.50. The van der Waals surface area contributed by atoms with Crippen LogP contribution in [-0.2, 0) is 4.79 Å². The predicted molar refractivity (Wildman–Crippen MR) is 89.6 cm³/mol. The van der Waals surface area contributed by atoms with Crippen molar-refractivity contribution in [2.24, 2.45) is 0 Å². The highest BCUT2D eigenvalue weighted by Gasteiger charge is 2.36. The van der Waals surface area contributed by atoms with Gasteiger partial charge in [-0.15, -0.1) is 0 Å². The lowest BCUT2D eigenvalue weighted by Gasteiger charge is -2.24. The first-order chi connectivity index (χ1) is 11.6. The van der Waals surface area contributed by atoms with Crippen molar-refractivity contribution in [1.82, 2.24) is 19.9 Å². The molecule has 0 radical (unpaired) electrons. The van der Waals surface area contributed by atoms with E-state index < -0.39 is 6.10 Å². The number of benzene rings is 1. The van der Waals surface area contributed by atoms with Gasteiger partial charge in [-0.2, -0.15) is 0 Å². The molecule has 3 heterocycles. The number of β-amino-alcohol motifs (C(OH)–C–C–N with tert-alkyl or cyclic N) is 1. The first-order valence-corrected chi connectivity index (χ1v) is 7.85. The van der Waals surface area contributed by atoms with Gasteiger partial charge in [-0.05, 0) is 6.92 Å². The SMILES string of the molecule is CC(=O)[C@@H]1C[C@@H](O)CN1c1nc(-c2ccccc2)nc2nc[nH]c12. The lowest BCUT2D eigenvalue weighted by Crippen LogP contribution is -2.35. The normalized spacial score (nSPS) is 20.7. The number of ketones is 1. The third kappa shape index (κ3) is 2.43. The molecule has 1 saturated heterocycles. The Morgan fingerprint density at radius 1 is 1.29 bits per heavy atom. The van der Waals surface area contributed by atoms with Crippen LogP contribution in [0.1, 0.15) is 13.3 Å². The molecule has 2 N–H and O–H groups in total. The van der Waals surface area contributed by atoms with Crippen molar-refractivity contribution in [3.8, 4) is 11.4 Å². The molecule has 3 aromatic rings. The molecule has 2 aromatic heterocycles. The van der Waals surface area contributed by atoms with Crippen LogP contribution in [0.2, 0.25) is 0 Å². The molecular formula is C17H17N5O2. The molecule has 1 fully saturated rings. The highest BCUT2D eigenvalue weighted by Crippen LogP contribution is 2.31. The molecule has 0 aliphatic carbocycles. The zero-order valence-corrected chi connectivity index (χ0v) is 13.2. The topological polar surface area (TPSA) is 95.0 Å². The molecule has 2 atom stereocenters. The summed E-state index contributed by atoms with van der Waals surface area (Å²) in [5, 5.41) is 10.0. The van der Waals surface area contributed by atoms with Gasteiger partial charge in [0.25, 0.3) is 0 Å². The van der Waals surface area contributed by atoms with Gasteiger partial charge in [-0.3, -0.25) is 4.79 Å². The average molecular weight is 323 g/mol. The van der Waals surface area contributed by atoms with E-state index in [4.69, 9.17) is 0 Å². The van der Waals surface area contributed by atoms with Crippen LogP contribution >= 0.6 is 0 Å². The van der Waals surface area contributed by atoms with Crippen molar-refractivity contribution in [2.45, 2.75) is 25.5 Å². The van der Waals surface area contributed by atoms with E-state index in [9.17, 15) is 9.90 Å². The number of hydrogen-bond donors (Lipinski definition) is 2. The number of nitrogens with one attached hydrogen (secondary N) is 1. The van der Waals surface area contributed by atoms with Gasteiger partial charge in [0.05, 0.1) is 18.5 Å². The van der Waals surface area contributed by atoms with Crippen molar-refractivity contribution in [2.75, 3.05) is 11.4 Å². The number of aromatic nitrogens is 4. The summed E-state index contributed by atoms with van der Waals surface area (Å²) in [6.45, 7) is 1.91. The van der Waals surface area contributed by atoms with Crippen LogP contribution in [0.5, 0.6) is 0 Å². The fourth-order valence-electron chi connectivity index (χ4n) is 3.18. The van der Waals surface area contributed by atoms with Crippen LogP contribution in [-0.4, -0.2) is 49.5 Å². The summed E-state index contributed by atoms with van der Waals surface area (Å²) in [5.41, 5.74) is 2.10. The number of aromatic amines is 1. The first-order valence-electron chi connectivity index (χ1n) is 7.85. The molecule has 0 amide bonds. The van der Waals surface area contributed by atoms with Crippen LogP contribution in [0.3, 0.4) is 0 Å². The number of aliphatic hydroxyl groups is 1. The summed E-state index contributed by atoms with van der Waals surface area (Å²) < 4.78 is 0. The van der Waals surface area contributed by atoms with Crippen LogP contribution in [0, 0.1) is 0 Å². The quantitative estimate of drug-likeness (QED) is 0.759. The fraction of sp³-hybridized carbons (Fsp3) is 0.294. The first kappa shape index (κ1) is 14.8. The van der Waals surface area contributed by atoms with E-state index in [0.29, 0.717) is 35.8 Å². The van der Waals surface area contributed by atoms with Gasteiger partial charge in [0.2, 0.25) is 0 Å². The minimum atomic E-state index is -0.549. The average Bonchev–Trinajstić information content (AvgIpc) is 3.21. The molecule has 122 valence electrons. The number of Topliss-reactive ketones (excluding diaryl/α,β-unsaturated/α-hetero) is 1. The number of carbonyl (C=O) groups is 1. The lowest BCUT2D eigenvalue weighted by molar-refractivity contribution is -0.118. The molecule has 1 aliphatic rings. The van der Waals surface area contributed by atoms with E-state index in [-0.39, 0.29) is 11.8 Å². The van der Waals surface area contributed by atoms with E-state index in [1.54, 1.807) is 13.3 Å². The predicted octanol–water partition coefficient (Wildman–Crippen LogP) is 1.55. The van der Waals surface area contributed by atoms with Crippen LogP contribution in [0.15, 0.2) is 36.7 Å². The Hall–Kier alpha value is -2.80. The van der Waals surface area contributed by atoms with Crippen molar-refractivity contribution >= 4 is 22.8 Å². The third-order valence-electron chi connectivity index (χ3n) is 4.32. The third-order valence-corrected chi connectivity index (χ3v) is 4.32. The van der Waals surface area contributed by atoms with Crippen molar-refractivity contribution in [3.05, 3.63) is 36.7 Å². The zero-order chi connectivity index (χ0) is 16.7. The van der Waals surface area contributed by atoms with Gasteiger partial charge in [0.15, 0.2) is 23.1 Å². The van der Waals surface area contributed by atoms with E-state index >= 15 is 0 Å². The van der Waals surface area contributed by atoms with Gasteiger partial charge in [0.1, 0.15) is 5.52 Å².